The molecule has 0 radical (unpaired) electrons. The number of carboxylic acids is 1. The first-order valence-electron chi connectivity index (χ1n) is 8.53. The van der Waals surface area contributed by atoms with Crippen LogP contribution in [0, 0.1) is 5.82 Å². The topological polar surface area (TPSA) is 122 Å². The van der Waals surface area contributed by atoms with Crippen molar-refractivity contribution in [2.75, 3.05) is 0 Å². The van der Waals surface area contributed by atoms with Gasteiger partial charge in [0.15, 0.2) is 6.04 Å². The quantitative estimate of drug-likeness (QED) is 0.475. The van der Waals surface area contributed by atoms with Gasteiger partial charge < -0.3 is 26.0 Å². The van der Waals surface area contributed by atoms with Crippen LogP contribution in [-0.4, -0.2) is 40.6 Å². The zero-order valence-electron chi connectivity index (χ0n) is 15.3. The molecule has 0 fully saturated rings. The highest BCUT2D eigenvalue weighted by molar-refractivity contribution is 5.87. The molecule has 2 aromatic rings. The van der Waals surface area contributed by atoms with E-state index in [0.29, 0.717) is 5.56 Å². The number of rotatable bonds is 8. The molecule has 2 aromatic carbocycles. The highest BCUT2D eigenvalue weighted by Crippen LogP contribution is 2.26. The lowest BCUT2D eigenvalue weighted by molar-refractivity contribution is -0.274. The van der Waals surface area contributed by atoms with Crippen LogP contribution in [-0.2, 0) is 16.0 Å². The molecule has 0 aliphatic carbocycles. The van der Waals surface area contributed by atoms with Crippen LogP contribution >= 0.6 is 0 Å². The molecular formula is C19H18F4N2O5. The summed E-state index contributed by atoms with van der Waals surface area (Å²) in [5.74, 6) is -3.96. The van der Waals surface area contributed by atoms with Crippen molar-refractivity contribution in [1.29, 1.82) is 0 Å². The molecule has 1 unspecified atom stereocenters. The van der Waals surface area contributed by atoms with Crippen LogP contribution in [0.1, 0.15) is 17.2 Å². The Hall–Kier alpha value is -3.18. The molecule has 3 atom stereocenters. The second kappa shape index (κ2) is 9.55. The summed E-state index contributed by atoms with van der Waals surface area (Å²) in [6, 6.07) is 6.38. The summed E-state index contributed by atoms with van der Waals surface area (Å²) in [5.41, 5.74) is 5.94. The molecule has 0 aliphatic rings. The summed E-state index contributed by atoms with van der Waals surface area (Å²) < 4.78 is 54.1. The lowest BCUT2D eigenvalue weighted by atomic mass is 10.0. The minimum Gasteiger partial charge on any atom is -0.479 e. The molecule has 0 aliphatic heterocycles. The van der Waals surface area contributed by atoms with E-state index in [2.05, 4.69) is 4.74 Å². The van der Waals surface area contributed by atoms with Gasteiger partial charge in [-0.25, -0.2) is 9.18 Å². The number of amides is 1. The first-order valence-corrected chi connectivity index (χ1v) is 8.53. The molecule has 0 saturated carbocycles. The number of benzene rings is 2. The van der Waals surface area contributed by atoms with Gasteiger partial charge in [0.2, 0.25) is 0 Å². The third-order valence-electron chi connectivity index (χ3n) is 3.99. The van der Waals surface area contributed by atoms with Crippen molar-refractivity contribution in [3.05, 3.63) is 65.5 Å². The number of carbonyl (C=O) groups excluding carboxylic acids is 1. The zero-order valence-corrected chi connectivity index (χ0v) is 15.3. The molecule has 0 aromatic heterocycles. The smallest absolute Gasteiger partial charge is 0.479 e. The van der Waals surface area contributed by atoms with Gasteiger partial charge in [-0.1, -0.05) is 24.3 Å². The Bertz CT molecular complexity index is 906. The van der Waals surface area contributed by atoms with E-state index in [-0.39, 0.29) is 12.0 Å². The van der Waals surface area contributed by atoms with Gasteiger partial charge in [0.1, 0.15) is 17.7 Å². The SMILES string of the molecule is N[C@H](Cc1cccc(F)c1)[C@H](O)C(=O)NC(C(=O)O)c1cccc(OC(F)(F)F)c1. The van der Waals surface area contributed by atoms with E-state index in [0.717, 1.165) is 24.3 Å². The Morgan fingerprint density at radius 2 is 1.80 bits per heavy atom. The van der Waals surface area contributed by atoms with Crippen molar-refractivity contribution in [3.63, 3.8) is 0 Å². The minimum absolute atomic E-state index is 0.0843. The fraction of sp³-hybridized carbons (Fsp3) is 0.263. The summed E-state index contributed by atoms with van der Waals surface area (Å²) in [7, 11) is 0. The highest BCUT2D eigenvalue weighted by atomic mass is 19.4. The van der Waals surface area contributed by atoms with E-state index in [1.807, 2.05) is 5.32 Å². The van der Waals surface area contributed by atoms with Crippen LogP contribution in [0.25, 0.3) is 0 Å². The van der Waals surface area contributed by atoms with Gasteiger partial charge in [-0.15, -0.1) is 13.2 Å². The normalized spacial score (nSPS) is 14.5. The predicted molar refractivity (Wildman–Crippen MR) is 95.7 cm³/mol. The number of carbonyl (C=O) groups is 2. The molecule has 0 bridgehead atoms. The van der Waals surface area contributed by atoms with Gasteiger partial charge >= 0.3 is 12.3 Å². The number of nitrogens with two attached hydrogens (primary N) is 1. The number of halogens is 4. The minimum atomic E-state index is -4.99. The fourth-order valence-electron chi connectivity index (χ4n) is 2.65. The average Bonchev–Trinajstić information content (AvgIpc) is 2.63. The molecule has 0 spiro atoms. The number of alkyl halides is 3. The molecule has 7 nitrogen and oxygen atoms in total. The van der Waals surface area contributed by atoms with Crippen LogP contribution in [0.4, 0.5) is 17.6 Å². The monoisotopic (exact) mass is 430 g/mol. The predicted octanol–water partition coefficient (Wildman–Crippen LogP) is 1.90. The molecule has 0 heterocycles. The number of hydrogen-bond acceptors (Lipinski definition) is 5. The van der Waals surface area contributed by atoms with Crippen LogP contribution in [0.15, 0.2) is 48.5 Å². The summed E-state index contributed by atoms with van der Waals surface area (Å²) in [6.45, 7) is 0. The number of aliphatic hydroxyl groups is 1. The molecule has 1 amide bonds. The van der Waals surface area contributed by atoms with Crippen LogP contribution in [0.3, 0.4) is 0 Å². The van der Waals surface area contributed by atoms with Crippen LogP contribution in [0.2, 0.25) is 0 Å². The summed E-state index contributed by atoms with van der Waals surface area (Å²) in [4.78, 5) is 23.8. The van der Waals surface area contributed by atoms with Crippen molar-refractivity contribution in [2.45, 2.75) is 31.0 Å². The van der Waals surface area contributed by atoms with E-state index >= 15 is 0 Å². The summed E-state index contributed by atoms with van der Waals surface area (Å²) in [5, 5.41) is 21.5. The number of aliphatic carboxylic acids is 1. The van der Waals surface area contributed by atoms with Crippen LogP contribution < -0.4 is 15.8 Å². The maximum Gasteiger partial charge on any atom is 0.573 e. The third-order valence-corrected chi connectivity index (χ3v) is 3.99. The standard InChI is InChI=1S/C19H18F4N2O5/c20-12-5-1-3-10(7-12)8-14(24)16(26)17(27)25-15(18(28)29)11-4-2-6-13(9-11)30-19(21,22)23/h1-7,9,14-16,26H,8,24H2,(H,25,27)(H,28,29)/t14-,15?,16+/m1/s1. The third kappa shape index (κ3) is 6.71. The van der Waals surface area contributed by atoms with E-state index in [9.17, 15) is 37.4 Å². The Morgan fingerprint density at radius 3 is 2.40 bits per heavy atom. The lowest BCUT2D eigenvalue weighted by Gasteiger charge is -2.22. The molecule has 5 N–H and O–H groups in total. The molecule has 2 rings (SSSR count). The number of hydrogen-bond donors (Lipinski definition) is 4. The van der Waals surface area contributed by atoms with Crippen molar-refractivity contribution in [1.82, 2.24) is 5.32 Å². The zero-order chi connectivity index (χ0) is 22.5. The summed E-state index contributed by atoms with van der Waals surface area (Å²) in [6.07, 6.45) is -6.93. The fourth-order valence-corrected chi connectivity index (χ4v) is 2.65. The largest absolute Gasteiger partial charge is 0.573 e. The van der Waals surface area contributed by atoms with Gasteiger partial charge in [-0.05, 0) is 41.8 Å². The van der Waals surface area contributed by atoms with Gasteiger partial charge in [0.05, 0.1) is 0 Å². The Morgan fingerprint density at radius 1 is 1.13 bits per heavy atom. The van der Waals surface area contributed by atoms with Crippen LogP contribution in [0.5, 0.6) is 5.75 Å². The van der Waals surface area contributed by atoms with Gasteiger partial charge in [0, 0.05) is 6.04 Å². The molecular weight excluding hydrogens is 412 g/mol. The second-order valence-electron chi connectivity index (χ2n) is 6.34. The maximum absolute atomic E-state index is 13.2. The van der Waals surface area contributed by atoms with E-state index in [1.54, 1.807) is 0 Å². The number of carboxylic acid groups (broad SMARTS) is 1. The molecule has 11 heteroatoms. The highest BCUT2D eigenvalue weighted by Gasteiger charge is 2.32. The van der Waals surface area contributed by atoms with E-state index in [4.69, 9.17) is 5.73 Å². The first kappa shape index (κ1) is 23.1. The molecule has 0 saturated heterocycles. The van der Waals surface area contributed by atoms with Gasteiger partial charge in [-0.3, -0.25) is 4.79 Å². The number of nitrogens with one attached hydrogen (secondary N) is 1. The lowest BCUT2D eigenvalue weighted by Crippen LogP contribution is -2.49. The Balaban J connectivity index is 2.11. The molecule has 30 heavy (non-hydrogen) atoms. The second-order valence-corrected chi connectivity index (χ2v) is 6.34. The van der Waals surface area contributed by atoms with Crippen molar-refractivity contribution < 1.29 is 42.1 Å². The first-order chi connectivity index (χ1) is 14.0. The summed E-state index contributed by atoms with van der Waals surface area (Å²) >= 11 is 0. The number of ether oxygens (including phenoxy) is 1. The average molecular weight is 430 g/mol. The molecule has 162 valence electrons. The van der Waals surface area contributed by atoms with Crippen molar-refractivity contribution >= 4 is 11.9 Å². The van der Waals surface area contributed by atoms with Crippen molar-refractivity contribution in [3.8, 4) is 5.75 Å². The Kier molecular flexibility index (Phi) is 7.35. The van der Waals surface area contributed by atoms with E-state index in [1.165, 1.54) is 24.3 Å². The van der Waals surface area contributed by atoms with Gasteiger partial charge in [0.25, 0.3) is 5.91 Å². The van der Waals surface area contributed by atoms with Crippen molar-refractivity contribution in [2.24, 2.45) is 5.73 Å². The number of aliphatic hydroxyl groups excluding tert-OH is 1. The maximum atomic E-state index is 13.2. The Labute approximate surface area is 168 Å². The van der Waals surface area contributed by atoms with Gasteiger partial charge in [-0.2, -0.15) is 0 Å². The van der Waals surface area contributed by atoms with E-state index < -0.39 is 48.0 Å².